The molecule has 0 N–H and O–H groups in total. The lowest BCUT2D eigenvalue weighted by Gasteiger charge is -2.12. The smallest absolute Gasteiger partial charge is 0.387 e. The molecule has 0 heterocycles. The Balaban J connectivity index is 2.56. The molecule has 0 aliphatic rings. The molecule has 2 nitrogen and oxygen atoms in total. The van der Waals surface area contributed by atoms with E-state index in [4.69, 9.17) is 0 Å². The third-order valence-electron chi connectivity index (χ3n) is 1.63. The highest BCUT2D eigenvalue weighted by atomic mass is 32.2. The molecule has 0 atom stereocenters. The van der Waals surface area contributed by atoms with Crippen LogP contribution in [0.15, 0.2) is 28.7 Å². The largest absolute Gasteiger partial charge is 0.435 e. The van der Waals surface area contributed by atoms with Crippen molar-refractivity contribution in [3.8, 4) is 5.75 Å². The minimum atomic E-state index is -2.79. The molecule has 94 valence electrons. The van der Waals surface area contributed by atoms with E-state index in [9.17, 15) is 8.78 Å². The summed E-state index contributed by atoms with van der Waals surface area (Å²) in [7, 11) is 0. The molecule has 17 heavy (non-hydrogen) atoms. The Morgan fingerprint density at radius 1 is 1.24 bits per heavy atom. The molecular formula is C12H15F2NOS. The van der Waals surface area contributed by atoms with E-state index in [0.29, 0.717) is 0 Å². The molecule has 0 radical (unpaired) electrons. The van der Waals surface area contributed by atoms with Gasteiger partial charge >= 0.3 is 6.61 Å². The van der Waals surface area contributed by atoms with Crippen molar-refractivity contribution in [2.45, 2.75) is 32.1 Å². The second kappa shape index (κ2) is 6.00. The van der Waals surface area contributed by atoms with Crippen LogP contribution in [0.4, 0.5) is 8.78 Å². The van der Waals surface area contributed by atoms with Crippen molar-refractivity contribution < 1.29 is 13.5 Å². The van der Waals surface area contributed by atoms with Crippen molar-refractivity contribution in [1.29, 1.82) is 0 Å². The summed E-state index contributed by atoms with van der Waals surface area (Å²) >= 11 is 1.46. The average Bonchev–Trinajstić information content (AvgIpc) is 2.18. The van der Waals surface area contributed by atoms with Gasteiger partial charge in [0.15, 0.2) is 0 Å². The molecule has 5 heteroatoms. The Labute approximate surface area is 104 Å². The first-order valence-electron chi connectivity index (χ1n) is 5.13. The summed E-state index contributed by atoms with van der Waals surface area (Å²) in [5, 5.41) is 0. The number of nitrogens with zero attached hydrogens (tertiary/aromatic N) is 1. The van der Waals surface area contributed by atoms with Gasteiger partial charge in [0.25, 0.3) is 0 Å². The molecule has 0 aliphatic carbocycles. The zero-order chi connectivity index (χ0) is 12.9. The number of halogens is 2. The summed E-state index contributed by atoms with van der Waals surface area (Å²) in [5.41, 5.74) is 0.850. The molecule has 0 fully saturated rings. The van der Waals surface area contributed by atoms with Crippen molar-refractivity contribution >= 4 is 18.2 Å². The third-order valence-corrected chi connectivity index (χ3v) is 2.39. The zero-order valence-electron chi connectivity index (χ0n) is 9.98. The molecule has 0 spiro atoms. The lowest BCUT2D eigenvalue weighted by Crippen LogP contribution is -2.05. The highest BCUT2D eigenvalue weighted by Crippen LogP contribution is 2.24. The van der Waals surface area contributed by atoms with Crippen molar-refractivity contribution in [1.82, 2.24) is 0 Å². The van der Waals surface area contributed by atoms with Crippen LogP contribution in [-0.4, -0.2) is 17.6 Å². The topological polar surface area (TPSA) is 21.6 Å². The molecule has 1 rings (SSSR count). The Bertz CT molecular complexity index is 371. The van der Waals surface area contributed by atoms with Crippen molar-refractivity contribution in [2.75, 3.05) is 0 Å². The second-order valence-corrected chi connectivity index (χ2v) is 6.00. The molecule has 0 saturated carbocycles. The minimum absolute atomic E-state index is 0.0647. The van der Waals surface area contributed by atoms with Crippen LogP contribution >= 0.6 is 11.9 Å². The molecule has 0 bridgehead atoms. The second-order valence-electron chi connectivity index (χ2n) is 4.39. The van der Waals surface area contributed by atoms with Gasteiger partial charge in [0.05, 0.1) is 0 Å². The predicted molar refractivity (Wildman–Crippen MR) is 68.0 cm³/mol. The van der Waals surface area contributed by atoms with Gasteiger partial charge in [-0.1, -0.05) is 0 Å². The molecule has 0 saturated heterocycles. The lowest BCUT2D eigenvalue weighted by molar-refractivity contribution is -0.0498. The summed E-state index contributed by atoms with van der Waals surface area (Å²) < 4.78 is 32.3. The summed E-state index contributed by atoms with van der Waals surface area (Å²) in [5.74, 6) is 0.153. The van der Waals surface area contributed by atoms with Crippen molar-refractivity contribution in [3.05, 3.63) is 29.8 Å². The highest BCUT2D eigenvalue weighted by molar-refractivity contribution is 7.99. The summed E-state index contributed by atoms with van der Waals surface area (Å²) in [6.07, 6.45) is 1.70. The molecule has 1 aromatic rings. The van der Waals surface area contributed by atoms with Crippen LogP contribution in [0, 0.1) is 0 Å². The third kappa shape index (κ3) is 6.26. The number of rotatable bonds is 4. The first-order valence-corrected chi connectivity index (χ1v) is 5.90. The van der Waals surface area contributed by atoms with Gasteiger partial charge in [0.2, 0.25) is 0 Å². The number of hydrogen-bond acceptors (Lipinski definition) is 3. The Morgan fingerprint density at radius 3 is 2.29 bits per heavy atom. The Hall–Kier alpha value is -1.10. The van der Waals surface area contributed by atoms with Gasteiger partial charge in [-0.3, -0.25) is 0 Å². The van der Waals surface area contributed by atoms with Crippen LogP contribution in [0.2, 0.25) is 0 Å². The van der Waals surface area contributed by atoms with Crippen LogP contribution in [0.25, 0.3) is 0 Å². The standard InChI is InChI=1S/C12H15F2NOS/c1-12(2,3)17-15-8-9-4-6-10(7-5-9)16-11(13)14/h4-8,11H,1-3H3/b15-8+. The van der Waals surface area contributed by atoms with Crippen LogP contribution < -0.4 is 4.74 Å². The predicted octanol–water partition coefficient (Wildman–Crippen LogP) is 4.15. The van der Waals surface area contributed by atoms with Gasteiger partial charge in [0.1, 0.15) is 5.75 Å². The van der Waals surface area contributed by atoms with E-state index in [0.717, 1.165) is 5.56 Å². The summed E-state index contributed by atoms with van der Waals surface area (Å²) in [4.78, 5) is 0. The monoisotopic (exact) mass is 259 g/mol. The van der Waals surface area contributed by atoms with Gasteiger partial charge in [-0.2, -0.15) is 8.78 Å². The van der Waals surface area contributed by atoms with Crippen LogP contribution in [0.5, 0.6) is 5.75 Å². The van der Waals surface area contributed by atoms with Gasteiger partial charge in [-0.15, -0.1) is 0 Å². The van der Waals surface area contributed by atoms with Crippen molar-refractivity contribution in [3.63, 3.8) is 0 Å². The molecular weight excluding hydrogens is 244 g/mol. The quantitative estimate of drug-likeness (QED) is 0.598. The Kier molecular flexibility index (Phi) is 4.93. The van der Waals surface area contributed by atoms with Crippen molar-refractivity contribution in [2.24, 2.45) is 4.40 Å². The first kappa shape index (κ1) is 14.0. The Morgan fingerprint density at radius 2 is 1.82 bits per heavy atom. The number of hydrogen-bond donors (Lipinski definition) is 0. The van der Waals surface area contributed by atoms with Crippen LogP contribution in [0.1, 0.15) is 26.3 Å². The molecule has 1 aromatic carbocycles. The summed E-state index contributed by atoms with van der Waals surface area (Å²) in [6, 6.07) is 6.36. The van der Waals surface area contributed by atoms with E-state index < -0.39 is 6.61 Å². The maximum Gasteiger partial charge on any atom is 0.387 e. The molecule has 0 unspecified atom stereocenters. The van der Waals surface area contributed by atoms with Gasteiger partial charge in [-0.25, -0.2) is 4.40 Å². The fourth-order valence-corrected chi connectivity index (χ4v) is 1.47. The van der Waals surface area contributed by atoms with E-state index in [1.807, 2.05) is 0 Å². The minimum Gasteiger partial charge on any atom is -0.435 e. The van der Waals surface area contributed by atoms with E-state index in [-0.39, 0.29) is 10.5 Å². The normalized spacial score (nSPS) is 12.4. The van der Waals surface area contributed by atoms with E-state index in [1.165, 1.54) is 24.1 Å². The highest BCUT2D eigenvalue weighted by Gasteiger charge is 2.09. The average molecular weight is 259 g/mol. The number of alkyl halides is 2. The molecule has 0 aliphatic heterocycles. The number of benzene rings is 1. The lowest BCUT2D eigenvalue weighted by atomic mass is 10.2. The van der Waals surface area contributed by atoms with Gasteiger partial charge in [-0.05, 0) is 62.5 Å². The number of ether oxygens (including phenoxy) is 1. The molecule has 0 amide bonds. The van der Waals surface area contributed by atoms with E-state index >= 15 is 0 Å². The van der Waals surface area contributed by atoms with Gasteiger partial charge in [0, 0.05) is 11.0 Å². The summed E-state index contributed by atoms with van der Waals surface area (Å²) in [6.45, 7) is 3.41. The van der Waals surface area contributed by atoms with Gasteiger partial charge < -0.3 is 4.74 Å². The fourth-order valence-electron chi connectivity index (χ4n) is 0.981. The SMILES string of the molecule is CC(C)(C)S/N=C/c1ccc(OC(F)F)cc1. The zero-order valence-corrected chi connectivity index (χ0v) is 10.8. The fraction of sp³-hybridized carbons (Fsp3) is 0.417. The van der Waals surface area contributed by atoms with Crippen LogP contribution in [0.3, 0.4) is 0 Å². The maximum absolute atomic E-state index is 11.9. The first-order chi connectivity index (χ1) is 7.87. The maximum atomic E-state index is 11.9. The molecule has 0 aromatic heterocycles. The van der Waals surface area contributed by atoms with E-state index in [1.54, 1.807) is 18.3 Å². The van der Waals surface area contributed by atoms with E-state index in [2.05, 4.69) is 29.9 Å². The van der Waals surface area contributed by atoms with Crippen LogP contribution in [-0.2, 0) is 0 Å².